The smallest absolute Gasteiger partial charge is 0.264 e. The molecule has 3 rings (SSSR count). The maximum Gasteiger partial charge on any atom is 0.264 e. The van der Waals surface area contributed by atoms with Gasteiger partial charge in [-0.2, -0.15) is 0 Å². The molecule has 0 radical (unpaired) electrons. The molecule has 0 bridgehead atoms. The van der Waals surface area contributed by atoms with Crippen LogP contribution in [0.3, 0.4) is 0 Å². The molecule has 1 unspecified atom stereocenters. The number of benzene rings is 3. The fourth-order valence-electron chi connectivity index (χ4n) is 4.22. The molecular formula is C30H34Cl2FN3O5S. The Morgan fingerprint density at radius 3 is 2.12 bits per heavy atom. The highest BCUT2D eigenvalue weighted by Crippen LogP contribution is 2.28. The molecule has 12 heteroatoms. The van der Waals surface area contributed by atoms with Crippen molar-refractivity contribution in [3.63, 3.8) is 0 Å². The lowest BCUT2D eigenvalue weighted by Gasteiger charge is -2.34. The number of rotatable bonds is 11. The lowest BCUT2D eigenvalue weighted by Crippen LogP contribution is -2.55. The maximum absolute atomic E-state index is 14.1. The number of carbonyl (C=O) groups is 2. The van der Waals surface area contributed by atoms with Gasteiger partial charge in [0.1, 0.15) is 24.2 Å². The van der Waals surface area contributed by atoms with Crippen LogP contribution in [0.4, 0.5) is 10.1 Å². The molecule has 0 aliphatic carbocycles. The summed E-state index contributed by atoms with van der Waals surface area (Å²) in [6.07, 6.45) is 0.247. The minimum absolute atomic E-state index is 0.0500. The summed E-state index contributed by atoms with van der Waals surface area (Å²) in [5, 5.41) is 3.49. The lowest BCUT2D eigenvalue weighted by molar-refractivity contribution is -0.141. The number of carbonyl (C=O) groups excluding carboxylic acids is 2. The summed E-state index contributed by atoms with van der Waals surface area (Å²) >= 11 is 12.3. The van der Waals surface area contributed by atoms with Crippen molar-refractivity contribution in [2.24, 2.45) is 0 Å². The number of halogens is 3. The molecule has 0 heterocycles. The highest BCUT2D eigenvalue weighted by Gasteiger charge is 2.34. The first-order valence-electron chi connectivity index (χ1n) is 13.1. The van der Waals surface area contributed by atoms with E-state index in [1.165, 1.54) is 48.4 Å². The number of hydrogen-bond acceptors (Lipinski definition) is 5. The van der Waals surface area contributed by atoms with Crippen molar-refractivity contribution in [3.05, 3.63) is 88.2 Å². The van der Waals surface area contributed by atoms with Crippen molar-refractivity contribution in [2.75, 3.05) is 18.0 Å². The van der Waals surface area contributed by atoms with Crippen molar-refractivity contribution >= 4 is 50.7 Å². The molecule has 2 amide bonds. The fraction of sp³-hybridized carbons (Fsp3) is 0.333. The van der Waals surface area contributed by atoms with Gasteiger partial charge in [0, 0.05) is 12.1 Å². The number of methoxy groups -OCH3 is 1. The van der Waals surface area contributed by atoms with E-state index in [0.29, 0.717) is 16.3 Å². The van der Waals surface area contributed by atoms with E-state index in [2.05, 4.69) is 5.32 Å². The van der Waals surface area contributed by atoms with Crippen LogP contribution in [0.15, 0.2) is 71.6 Å². The van der Waals surface area contributed by atoms with E-state index in [0.717, 1.165) is 16.4 Å². The van der Waals surface area contributed by atoms with Gasteiger partial charge in [0.05, 0.1) is 27.7 Å². The maximum atomic E-state index is 14.1. The molecular weight excluding hydrogens is 604 g/mol. The molecule has 8 nitrogen and oxygen atoms in total. The van der Waals surface area contributed by atoms with Crippen LogP contribution >= 0.6 is 23.2 Å². The predicted octanol–water partition coefficient (Wildman–Crippen LogP) is 6.06. The van der Waals surface area contributed by atoms with E-state index < -0.39 is 45.8 Å². The van der Waals surface area contributed by atoms with Gasteiger partial charge < -0.3 is 15.0 Å². The number of sulfonamides is 1. The van der Waals surface area contributed by atoms with Gasteiger partial charge in [0.25, 0.3) is 10.0 Å². The van der Waals surface area contributed by atoms with E-state index in [-0.39, 0.29) is 28.6 Å². The lowest BCUT2D eigenvalue weighted by atomic mass is 10.1. The summed E-state index contributed by atoms with van der Waals surface area (Å²) < 4.78 is 47.6. The standard InChI is InChI=1S/C30H34Cl2FN3O5S/c1-6-27(29(38)34-30(2,3)4)35(18-20-7-16-25(31)26(32)17-20)28(37)19-36(22-10-8-21(33)9-11-22)42(39,40)24-14-12-23(41-5)13-15-24/h7-17,27H,6,18-19H2,1-5H3,(H,34,38). The first kappa shape index (κ1) is 33.2. The quantitative estimate of drug-likeness (QED) is 0.276. The van der Waals surface area contributed by atoms with E-state index in [4.69, 9.17) is 27.9 Å². The number of anilines is 1. The molecule has 3 aromatic rings. The second-order valence-electron chi connectivity index (χ2n) is 10.6. The van der Waals surface area contributed by atoms with Crippen molar-refractivity contribution in [1.29, 1.82) is 0 Å². The summed E-state index contributed by atoms with van der Waals surface area (Å²) in [5.41, 5.74) is 0.0778. The Morgan fingerprint density at radius 2 is 1.60 bits per heavy atom. The van der Waals surface area contributed by atoms with Gasteiger partial charge >= 0.3 is 0 Å². The van der Waals surface area contributed by atoms with Gasteiger partial charge in [-0.1, -0.05) is 36.2 Å². The fourth-order valence-corrected chi connectivity index (χ4v) is 5.95. The van der Waals surface area contributed by atoms with Crippen molar-refractivity contribution in [2.45, 2.75) is 57.1 Å². The molecule has 1 atom stereocenters. The minimum atomic E-state index is -4.32. The number of nitrogens with one attached hydrogen (secondary N) is 1. The van der Waals surface area contributed by atoms with Gasteiger partial charge in [0.15, 0.2) is 0 Å². The van der Waals surface area contributed by atoms with Gasteiger partial charge in [-0.25, -0.2) is 12.8 Å². The number of ether oxygens (including phenoxy) is 1. The third-order valence-corrected chi connectivity index (χ3v) is 8.79. The van der Waals surface area contributed by atoms with E-state index >= 15 is 0 Å². The Balaban J connectivity index is 2.08. The van der Waals surface area contributed by atoms with Crippen LogP contribution in [0.5, 0.6) is 5.75 Å². The molecule has 226 valence electrons. The Hall–Kier alpha value is -3.34. The third kappa shape index (κ3) is 8.36. The Labute approximate surface area is 256 Å². The molecule has 3 aromatic carbocycles. The summed E-state index contributed by atoms with van der Waals surface area (Å²) in [4.78, 5) is 28.7. The van der Waals surface area contributed by atoms with Gasteiger partial charge in [-0.15, -0.1) is 0 Å². The first-order chi connectivity index (χ1) is 19.7. The SMILES string of the molecule is CCC(C(=O)NC(C)(C)C)N(Cc1ccc(Cl)c(Cl)c1)C(=O)CN(c1ccc(F)cc1)S(=O)(=O)c1ccc(OC)cc1. The van der Waals surface area contributed by atoms with Crippen LogP contribution in [0.1, 0.15) is 39.7 Å². The zero-order valence-corrected chi connectivity index (χ0v) is 26.4. The van der Waals surface area contributed by atoms with E-state index in [1.807, 2.05) is 20.8 Å². The highest BCUT2D eigenvalue weighted by atomic mass is 35.5. The molecule has 0 aliphatic rings. The zero-order chi connectivity index (χ0) is 31.2. The number of hydrogen-bond donors (Lipinski definition) is 1. The average Bonchev–Trinajstić information content (AvgIpc) is 2.93. The number of nitrogens with zero attached hydrogens (tertiary/aromatic N) is 2. The predicted molar refractivity (Wildman–Crippen MR) is 163 cm³/mol. The van der Waals surface area contributed by atoms with Gasteiger partial charge in [-0.3, -0.25) is 13.9 Å². The Kier molecular flexibility index (Phi) is 10.9. The molecule has 0 saturated heterocycles. The normalized spacial score (nSPS) is 12.4. The average molecular weight is 639 g/mol. The van der Waals surface area contributed by atoms with E-state index in [9.17, 15) is 22.4 Å². The zero-order valence-electron chi connectivity index (χ0n) is 24.0. The van der Waals surface area contributed by atoms with Crippen LogP contribution < -0.4 is 14.4 Å². The van der Waals surface area contributed by atoms with Gasteiger partial charge in [0.2, 0.25) is 11.8 Å². The second-order valence-corrected chi connectivity index (χ2v) is 13.3. The summed E-state index contributed by atoms with van der Waals surface area (Å²) in [5.74, 6) is -1.18. The highest BCUT2D eigenvalue weighted by molar-refractivity contribution is 7.92. The minimum Gasteiger partial charge on any atom is -0.497 e. The molecule has 0 aliphatic heterocycles. The van der Waals surface area contributed by atoms with Crippen molar-refractivity contribution in [1.82, 2.24) is 10.2 Å². The molecule has 42 heavy (non-hydrogen) atoms. The third-order valence-electron chi connectivity index (χ3n) is 6.26. The summed E-state index contributed by atoms with van der Waals surface area (Å²) in [6.45, 7) is 6.50. The molecule has 0 aromatic heterocycles. The van der Waals surface area contributed by atoms with Gasteiger partial charge in [-0.05, 0) is 93.4 Å². The largest absolute Gasteiger partial charge is 0.497 e. The van der Waals surface area contributed by atoms with Crippen LogP contribution in [0.2, 0.25) is 10.0 Å². The Bertz CT molecular complexity index is 1510. The monoisotopic (exact) mass is 637 g/mol. The summed E-state index contributed by atoms with van der Waals surface area (Å²) in [7, 11) is -2.86. The van der Waals surface area contributed by atoms with Crippen molar-refractivity contribution in [3.8, 4) is 5.75 Å². The Morgan fingerprint density at radius 1 is 0.976 bits per heavy atom. The summed E-state index contributed by atoms with van der Waals surface area (Å²) in [6, 6.07) is 14.3. The van der Waals surface area contributed by atoms with Crippen LogP contribution in [-0.2, 0) is 26.2 Å². The van der Waals surface area contributed by atoms with Crippen LogP contribution in [-0.4, -0.2) is 50.4 Å². The van der Waals surface area contributed by atoms with Crippen molar-refractivity contribution < 1.29 is 27.1 Å². The van der Waals surface area contributed by atoms with Crippen LogP contribution in [0.25, 0.3) is 0 Å². The molecule has 0 fully saturated rings. The molecule has 0 spiro atoms. The molecule has 1 N–H and O–H groups in total. The number of amides is 2. The van der Waals surface area contributed by atoms with E-state index in [1.54, 1.807) is 25.1 Å². The second kappa shape index (κ2) is 13.8. The van der Waals surface area contributed by atoms with Crippen LogP contribution in [0, 0.1) is 5.82 Å². The molecule has 0 saturated carbocycles. The topological polar surface area (TPSA) is 96.0 Å². The first-order valence-corrected chi connectivity index (χ1v) is 15.3.